The molecule has 1 aromatic carbocycles. The molecule has 2 amide bonds. The molecule has 1 unspecified atom stereocenters. The summed E-state index contributed by atoms with van der Waals surface area (Å²) in [6.07, 6.45) is 6.59. The predicted octanol–water partition coefficient (Wildman–Crippen LogP) is 2.91. The number of anilines is 1. The highest BCUT2D eigenvalue weighted by Crippen LogP contribution is 2.35. The number of rotatable bonds is 3. The number of carbonyl (C=O) groups is 1. The zero-order chi connectivity index (χ0) is 18.9. The number of fused-ring (bicyclic) bond motifs is 2. The van der Waals surface area contributed by atoms with Crippen molar-refractivity contribution in [1.82, 2.24) is 25.2 Å². The van der Waals surface area contributed by atoms with Gasteiger partial charge in [-0.1, -0.05) is 30.3 Å². The second kappa shape index (κ2) is 7.14. The van der Waals surface area contributed by atoms with E-state index in [1.807, 2.05) is 47.5 Å². The van der Waals surface area contributed by atoms with Gasteiger partial charge in [-0.05, 0) is 30.9 Å². The Labute approximate surface area is 163 Å². The first-order chi connectivity index (χ1) is 13.8. The Morgan fingerprint density at radius 1 is 1.11 bits per heavy atom. The summed E-state index contributed by atoms with van der Waals surface area (Å²) in [6.45, 7) is 2.29. The maximum Gasteiger partial charge on any atom is 0.317 e. The van der Waals surface area contributed by atoms with Crippen LogP contribution in [-0.4, -0.2) is 51.1 Å². The Hall–Kier alpha value is -3.09. The fraction of sp³-hybridized carbons (Fsp3) is 0.381. The number of amides is 2. The Balaban J connectivity index is 1.32. The lowest BCUT2D eigenvalue weighted by molar-refractivity contribution is 0.148. The highest BCUT2D eigenvalue weighted by molar-refractivity contribution is 5.87. The quantitative estimate of drug-likeness (QED) is 0.737. The number of nitrogens with zero attached hydrogens (tertiary/aromatic N) is 4. The fourth-order valence-corrected chi connectivity index (χ4v) is 4.66. The van der Waals surface area contributed by atoms with Crippen LogP contribution < -0.4 is 10.2 Å². The van der Waals surface area contributed by atoms with Gasteiger partial charge < -0.3 is 20.1 Å². The molecule has 7 heteroatoms. The number of nitrogens with one attached hydrogen (secondary N) is 2. The van der Waals surface area contributed by atoms with Crippen molar-refractivity contribution in [2.45, 2.75) is 37.9 Å². The van der Waals surface area contributed by atoms with Gasteiger partial charge in [0, 0.05) is 25.8 Å². The van der Waals surface area contributed by atoms with Gasteiger partial charge in [0.15, 0.2) is 0 Å². The molecular weight excluding hydrogens is 352 g/mol. The minimum Gasteiger partial charge on any atom is -0.351 e. The highest BCUT2D eigenvalue weighted by Gasteiger charge is 2.42. The third-order valence-corrected chi connectivity index (χ3v) is 5.96. The smallest absolute Gasteiger partial charge is 0.317 e. The summed E-state index contributed by atoms with van der Waals surface area (Å²) in [5, 5.41) is 4.15. The van der Waals surface area contributed by atoms with Crippen LogP contribution in [0.4, 0.5) is 10.6 Å². The van der Waals surface area contributed by atoms with Crippen LogP contribution in [0.3, 0.4) is 0 Å². The van der Waals surface area contributed by atoms with Crippen LogP contribution in [0.15, 0.2) is 48.9 Å². The maximum atomic E-state index is 12.9. The first-order valence-electron chi connectivity index (χ1n) is 9.94. The van der Waals surface area contributed by atoms with Crippen LogP contribution in [0.25, 0.3) is 11.0 Å². The average molecular weight is 376 g/mol. The van der Waals surface area contributed by atoms with E-state index in [-0.39, 0.29) is 12.1 Å². The molecule has 3 aromatic rings. The summed E-state index contributed by atoms with van der Waals surface area (Å²) in [7, 11) is 0. The second-order valence-corrected chi connectivity index (χ2v) is 7.53. The molecule has 2 atom stereocenters. The van der Waals surface area contributed by atoms with Crippen molar-refractivity contribution >= 4 is 22.9 Å². The molecular formula is C21H24N6O. The van der Waals surface area contributed by atoms with E-state index < -0.39 is 0 Å². The summed E-state index contributed by atoms with van der Waals surface area (Å²) in [5.41, 5.74) is 1.98. The average Bonchev–Trinajstić information content (AvgIpc) is 3.39. The molecule has 144 valence electrons. The van der Waals surface area contributed by atoms with Crippen molar-refractivity contribution in [2.24, 2.45) is 0 Å². The van der Waals surface area contributed by atoms with E-state index in [0.29, 0.717) is 12.6 Å². The van der Waals surface area contributed by atoms with E-state index >= 15 is 0 Å². The largest absolute Gasteiger partial charge is 0.351 e. The van der Waals surface area contributed by atoms with E-state index in [0.717, 1.165) is 54.8 Å². The minimum absolute atomic E-state index is 0.0369. The van der Waals surface area contributed by atoms with Gasteiger partial charge in [-0.3, -0.25) is 0 Å². The molecule has 2 aliphatic heterocycles. The molecule has 0 aliphatic carbocycles. The van der Waals surface area contributed by atoms with E-state index in [4.69, 9.17) is 0 Å². The van der Waals surface area contributed by atoms with Crippen molar-refractivity contribution in [3.8, 4) is 0 Å². The van der Waals surface area contributed by atoms with E-state index in [2.05, 4.69) is 25.2 Å². The lowest BCUT2D eigenvalue weighted by Gasteiger charge is -2.40. The van der Waals surface area contributed by atoms with Crippen molar-refractivity contribution < 1.29 is 4.79 Å². The standard InChI is InChI=1S/C21H24N6O/c28-21(23-13-15-5-2-1-3-6-15)27-11-4-7-17-18(27)9-12-26(17)20-16-8-10-22-19(16)24-14-25-20/h1-3,5-6,8,10,14,17-18H,4,7,9,11-13H2,(H,23,28)(H,22,24,25)/t17-,18?/m1/s1. The third kappa shape index (κ3) is 2.96. The van der Waals surface area contributed by atoms with Gasteiger partial charge in [-0.25, -0.2) is 14.8 Å². The van der Waals surface area contributed by atoms with Gasteiger partial charge in [0.05, 0.1) is 17.5 Å². The Morgan fingerprint density at radius 2 is 2.00 bits per heavy atom. The first-order valence-corrected chi connectivity index (χ1v) is 9.94. The number of hydrogen-bond donors (Lipinski definition) is 2. The normalized spacial score (nSPS) is 21.7. The van der Waals surface area contributed by atoms with Gasteiger partial charge >= 0.3 is 6.03 Å². The molecule has 2 aliphatic rings. The van der Waals surface area contributed by atoms with Crippen molar-refractivity contribution in [2.75, 3.05) is 18.0 Å². The molecule has 0 spiro atoms. The lowest BCUT2D eigenvalue weighted by Crippen LogP contribution is -2.54. The predicted molar refractivity (Wildman–Crippen MR) is 108 cm³/mol. The zero-order valence-electron chi connectivity index (χ0n) is 15.7. The van der Waals surface area contributed by atoms with Crippen LogP contribution in [0.5, 0.6) is 0 Å². The molecule has 2 aromatic heterocycles. The molecule has 0 bridgehead atoms. The molecule has 2 fully saturated rings. The van der Waals surface area contributed by atoms with Crippen molar-refractivity contribution in [3.63, 3.8) is 0 Å². The molecule has 0 radical (unpaired) electrons. The SMILES string of the molecule is O=C(NCc1ccccc1)N1CCC[C@@H]2C1CCN2c1ncnc2[nH]ccc12. The highest BCUT2D eigenvalue weighted by atomic mass is 16.2. The Bertz CT molecular complexity index is 971. The number of likely N-dealkylation sites (tertiary alicyclic amines) is 1. The third-order valence-electron chi connectivity index (χ3n) is 5.96. The minimum atomic E-state index is 0.0369. The monoisotopic (exact) mass is 376 g/mol. The number of carbonyl (C=O) groups excluding carboxylic acids is 1. The van der Waals surface area contributed by atoms with Crippen molar-refractivity contribution in [3.05, 3.63) is 54.5 Å². The summed E-state index contributed by atoms with van der Waals surface area (Å²) >= 11 is 0. The second-order valence-electron chi connectivity index (χ2n) is 7.53. The van der Waals surface area contributed by atoms with E-state index in [1.165, 1.54) is 0 Å². The summed E-state index contributed by atoms with van der Waals surface area (Å²) in [4.78, 5) is 29.3. The lowest BCUT2D eigenvalue weighted by atomic mass is 9.97. The fourth-order valence-electron chi connectivity index (χ4n) is 4.66. The molecule has 7 nitrogen and oxygen atoms in total. The number of aromatic nitrogens is 3. The number of benzene rings is 1. The van der Waals surface area contributed by atoms with Gasteiger partial charge in [0.25, 0.3) is 0 Å². The van der Waals surface area contributed by atoms with Crippen LogP contribution in [0.1, 0.15) is 24.8 Å². The molecule has 4 heterocycles. The van der Waals surface area contributed by atoms with Gasteiger partial charge in [-0.15, -0.1) is 0 Å². The first kappa shape index (κ1) is 17.0. The summed E-state index contributed by atoms with van der Waals surface area (Å²) < 4.78 is 0. The number of H-pyrrole nitrogens is 1. The zero-order valence-corrected chi connectivity index (χ0v) is 15.7. The topological polar surface area (TPSA) is 77.2 Å². The molecule has 0 saturated carbocycles. The Kier molecular flexibility index (Phi) is 4.35. The van der Waals surface area contributed by atoms with Crippen LogP contribution in [0, 0.1) is 0 Å². The number of aromatic amines is 1. The number of urea groups is 1. The summed E-state index contributed by atoms with van der Waals surface area (Å²) in [6, 6.07) is 12.7. The molecule has 5 rings (SSSR count). The number of hydrogen-bond acceptors (Lipinski definition) is 4. The van der Waals surface area contributed by atoms with E-state index in [1.54, 1.807) is 6.33 Å². The van der Waals surface area contributed by atoms with Crippen LogP contribution in [0.2, 0.25) is 0 Å². The van der Waals surface area contributed by atoms with Gasteiger partial charge in [0.1, 0.15) is 17.8 Å². The molecule has 28 heavy (non-hydrogen) atoms. The Morgan fingerprint density at radius 3 is 2.89 bits per heavy atom. The van der Waals surface area contributed by atoms with E-state index in [9.17, 15) is 4.79 Å². The molecule has 2 saturated heterocycles. The summed E-state index contributed by atoms with van der Waals surface area (Å²) in [5.74, 6) is 0.977. The van der Waals surface area contributed by atoms with Crippen LogP contribution >= 0.6 is 0 Å². The van der Waals surface area contributed by atoms with Crippen LogP contribution in [-0.2, 0) is 6.54 Å². The molecule has 2 N–H and O–H groups in total. The van der Waals surface area contributed by atoms with Crippen molar-refractivity contribution in [1.29, 1.82) is 0 Å². The van der Waals surface area contributed by atoms with Gasteiger partial charge in [-0.2, -0.15) is 0 Å². The van der Waals surface area contributed by atoms with Gasteiger partial charge in [0.2, 0.25) is 0 Å². The maximum absolute atomic E-state index is 12.9. The number of piperidine rings is 1.